The van der Waals surface area contributed by atoms with Crippen molar-refractivity contribution in [3.8, 4) is 11.5 Å². The van der Waals surface area contributed by atoms with Gasteiger partial charge in [0.25, 0.3) is 0 Å². The van der Waals surface area contributed by atoms with Gasteiger partial charge in [-0.2, -0.15) is 0 Å². The molecule has 0 radical (unpaired) electrons. The summed E-state index contributed by atoms with van der Waals surface area (Å²) >= 11 is 0. The van der Waals surface area contributed by atoms with E-state index in [1.54, 1.807) is 48.5 Å². The summed E-state index contributed by atoms with van der Waals surface area (Å²) in [5.41, 5.74) is 0.700. The SMILES string of the molecule is O=C(OCCO)c1ccc(Oc2ccc(C(=O)OCCO)cc2)cc1. The normalized spacial score (nSPS) is 10.2. The highest BCUT2D eigenvalue weighted by molar-refractivity contribution is 5.90. The second-order valence-electron chi connectivity index (χ2n) is 4.87. The van der Waals surface area contributed by atoms with E-state index in [1.165, 1.54) is 0 Å². The lowest BCUT2D eigenvalue weighted by molar-refractivity contribution is 0.0427. The monoisotopic (exact) mass is 346 g/mol. The molecule has 2 aromatic carbocycles. The summed E-state index contributed by atoms with van der Waals surface area (Å²) in [6.45, 7) is -0.554. The molecule has 2 N–H and O–H groups in total. The maximum Gasteiger partial charge on any atom is 0.338 e. The van der Waals surface area contributed by atoms with E-state index in [4.69, 9.17) is 24.4 Å². The Kier molecular flexibility index (Phi) is 6.94. The first-order valence-corrected chi connectivity index (χ1v) is 7.58. The van der Waals surface area contributed by atoms with Gasteiger partial charge in [-0.1, -0.05) is 0 Å². The second kappa shape index (κ2) is 9.41. The molecule has 2 rings (SSSR count). The van der Waals surface area contributed by atoms with E-state index in [2.05, 4.69) is 0 Å². The van der Waals surface area contributed by atoms with E-state index in [9.17, 15) is 9.59 Å². The van der Waals surface area contributed by atoms with Gasteiger partial charge in [0.05, 0.1) is 24.3 Å². The molecule has 0 saturated carbocycles. The molecule has 0 aromatic heterocycles. The molecular weight excluding hydrogens is 328 g/mol. The lowest BCUT2D eigenvalue weighted by atomic mass is 10.2. The van der Waals surface area contributed by atoms with E-state index < -0.39 is 11.9 Å². The molecular formula is C18H18O7. The van der Waals surface area contributed by atoms with Crippen LogP contribution in [0.4, 0.5) is 0 Å². The van der Waals surface area contributed by atoms with E-state index in [0.717, 1.165) is 0 Å². The molecule has 0 saturated heterocycles. The second-order valence-corrected chi connectivity index (χ2v) is 4.87. The van der Waals surface area contributed by atoms with Gasteiger partial charge in [-0.05, 0) is 48.5 Å². The van der Waals surface area contributed by atoms with Crippen LogP contribution in [0.2, 0.25) is 0 Å². The predicted molar refractivity (Wildman–Crippen MR) is 87.7 cm³/mol. The minimum Gasteiger partial charge on any atom is -0.460 e. The fourth-order valence-corrected chi connectivity index (χ4v) is 1.90. The van der Waals surface area contributed by atoms with Gasteiger partial charge < -0.3 is 24.4 Å². The van der Waals surface area contributed by atoms with Gasteiger partial charge in [-0.15, -0.1) is 0 Å². The van der Waals surface area contributed by atoms with Crippen molar-refractivity contribution >= 4 is 11.9 Å². The van der Waals surface area contributed by atoms with Crippen molar-refractivity contribution in [2.75, 3.05) is 26.4 Å². The number of ether oxygens (including phenoxy) is 3. The van der Waals surface area contributed by atoms with Crippen molar-refractivity contribution in [2.45, 2.75) is 0 Å². The molecule has 0 unspecified atom stereocenters. The first-order chi connectivity index (χ1) is 12.1. The highest BCUT2D eigenvalue weighted by Gasteiger charge is 2.09. The number of hydrogen-bond donors (Lipinski definition) is 2. The number of aliphatic hydroxyl groups is 2. The molecule has 0 fully saturated rings. The summed E-state index contributed by atoms with van der Waals surface area (Å²) in [6, 6.07) is 12.6. The average molecular weight is 346 g/mol. The minimum absolute atomic E-state index is 0.0514. The molecule has 0 bridgehead atoms. The van der Waals surface area contributed by atoms with Crippen molar-refractivity contribution in [1.82, 2.24) is 0 Å². The maximum absolute atomic E-state index is 11.6. The summed E-state index contributed by atoms with van der Waals surface area (Å²) in [4.78, 5) is 23.2. The number of carbonyl (C=O) groups is 2. The summed E-state index contributed by atoms with van der Waals surface area (Å²) < 4.78 is 15.2. The number of rotatable bonds is 8. The van der Waals surface area contributed by atoms with E-state index in [1.807, 2.05) is 0 Å². The zero-order valence-corrected chi connectivity index (χ0v) is 13.4. The quantitative estimate of drug-likeness (QED) is 0.702. The Labute approximate surface area is 144 Å². The van der Waals surface area contributed by atoms with Crippen LogP contribution in [0, 0.1) is 0 Å². The Morgan fingerprint density at radius 2 is 1.04 bits per heavy atom. The molecule has 0 aliphatic rings. The molecule has 0 aliphatic carbocycles. The fraction of sp³-hybridized carbons (Fsp3) is 0.222. The maximum atomic E-state index is 11.6. The van der Waals surface area contributed by atoms with Crippen LogP contribution in [0.3, 0.4) is 0 Å². The zero-order valence-electron chi connectivity index (χ0n) is 13.4. The molecule has 0 spiro atoms. The third-order valence-electron chi connectivity index (χ3n) is 3.06. The van der Waals surface area contributed by atoms with Gasteiger partial charge in [0, 0.05) is 0 Å². The van der Waals surface area contributed by atoms with E-state index in [-0.39, 0.29) is 26.4 Å². The van der Waals surface area contributed by atoms with Crippen LogP contribution in [0.25, 0.3) is 0 Å². The molecule has 132 valence electrons. The standard InChI is InChI=1S/C18H18O7/c19-9-11-23-17(21)13-1-5-15(6-2-13)25-16-7-3-14(4-8-16)18(22)24-12-10-20/h1-8,19-20H,9-12H2. The van der Waals surface area contributed by atoms with Crippen molar-refractivity contribution in [1.29, 1.82) is 0 Å². The van der Waals surface area contributed by atoms with Crippen molar-refractivity contribution in [3.05, 3.63) is 59.7 Å². The third kappa shape index (κ3) is 5.59. The molecule has 0 heterocycles. The molecule has 0 atom stereocenters. The van der Waals surface area contributed by atoms with E-state index in [0.29, 0.717) is 22.6 Å². The van der Waals surface area contributed by atoms with Gasteiger partial charge in [0.1, 0.15) is 24.7 Å². The third-order valence-corrected chi connectivity index (χ3v) is 3.06. The molecule has 25 heavy (non-hydrogen) atoms. The highest BCUT2D eigenvalue weighted by atomic mass is 16.5. The van der Waals surface area contributed by atoms with Crippen molar-refractivity contribution in [2.24, 2.45) is 0 Å². The smallest absolute Gasteiger partial charge is 0.338 e. The molecule has 7 nitrogen and oxygen atoms in total. The molecule has 2 aromatic rings. The first-order valence-electron chi connectivity index (χ1n) is 7.58. The molecule has 0 aliphatic heterocycles. The zero-order chi connectivity index (χ0) is 18.1. The lowest BCUT2D eigenvalue weighted by Crippen LogP contribution is -2.08. The Morgan fingerprint density at radius 3 is 1.36 bits per heavy atom. The number of benzene rings is 2. The minimum atomic E-state index is -0.522. The van der Waals surface area contributed by atoms with Crippen LogP contribution in [0.1, 0.15) is 20.7 Å². The van der Waals surface area contributed by atoms with Crippen LogP contribution >= 0.6 is 0 Å². The molecule has 0 amide bonds. The largest absolute Gasteiger partial charge is 0.460 e. The van der Waals surface area contributed by atoms with Crippen LogP contribution in [0.15, 0.2) is 48.5 Å². The summed E-state index contributed by atoms with van der Waals surface area (Å²) in [5, 5.41) is 17.3. The predicted octanol–water partition coefficient (Wildman–Crippen LogP) is 1.78. The highest BCUT2D eigenvalue weighted by Crippen LogP contribution is 2.22. The van der Waals surface area contributed by atoms with Crippen LogP contribution in [-0.4, -0.2) is 48.6 Å². The van der Waals surface area contributed by atoms with Crippen molar-refractivity contribution < 1.29 is 34.0 Å². The van der Waals surface area contributed by atoms with Gasteiger partial charge in [-0.25, -0.2) is 9.59 Å². The van der Waals surface area contributed by atoms with Gasteiger partial charge >= 0.3 is 11.9 Å². The van der Waals surface area contributed by atoms with Gasteiger partial charge in [-0.3, -0.25) is 0 Å². The lowest BCUT2D eigenvalue weighted by Gasteiger charge is -2.08. The van der Waals surface area contributed by atoms with Crippen LogP contribution < -0.4 is 4.74 Å². The number of esters is 2. The Morgan fingerprint density at radius 1 is 0.680 bits per heavy atom. The number of aliphatic hydroxyl groups excluding tert-OH is 2. The number of carbonyl (C=O) groups excluding carboxylic acids is 2. The number of hydrogen-bond acceptors (Lipinski definition) is 7. The Balaban J connectivity index is 1.95. The van der Waals surface area contributed by atoms with Crippen LogP contribution in [0.5, 0.6) is 11.5 Å². The van der Waals surface area contributed by atoms with E-state index >= 15 is 0 Å². The summed E-state index contributed by atoms with van der Waals surface area (Å²) in [6.07, 6.45) is 0. The first kappa shape index (κ1) is 18.4. The van der Waals surface area contributed by atoms with Gasteiger partial charge in [0.15, 0.2) is 0 Å². The molecule has 7 heteroatoms. The Hall–Kier alpha value is -2.90. The topological polar surface area (TPSA) is 102 Å². The average Bonchev–Trinajstić information content (AvgIpc) is 2.65. The fourth-order valence-electron chi connectivity index (χ4n) is 1.90. The van der Waals surface area contributed by atoms with Gasteiger partial charge in [0.2, 0.25) is 0 Å². The van der Waals surface area contributed by atoms with Crippen molar-refractivity contribution in [3.63, 3.8) is 0 Å². The summed E-state index contributed by atoms with van der Waals surface area (Å²) in [7, 11) is 0. The summed E-state index contributed by atoms with van der Waals surface area (Å²) in [5.74, 6) is -0.0266. The van der Waals surface area contributed by atoms with Crippen LogP contribution in [-0.2, 0) is 9.47 Å². The Bertz CT molecular complexity index is 631.